The van der Waals surface area contributed by atoms with Crippen molar-refractivity contribution < 1.29 is 4.74 Å². The Labute approximate surface area is 159 Å². The number of rotatable bonds is 5. The molecule has 1 saturated heterocycles. The van der Waals surface area contributed by atoms with E-state index < -0.39 is 0 Å². The van der Waals surface area contributed by atoms with Crippen LogP contribution in [-0.2, 0) is 31.0 Å². The quantitative estimate of drug-likeness (QED) is 0.804. The summed E-state index contributed by atoms with van der Waals surface area (Å²) in [6, 6.07) is 3.93. The molecule has 1 saturated carbocycles. The van der Waals surface area contributed by atoms with Crippen LogP contribution in [0.4, 0.5) is 0 Å². The fraction of sp³-hybridized carbons (Fsp3) is 0.650. The van der Waals surface area contributed by atoms with Gasteiger partial charge in [0.05, 0.1) is 43.2 Å². The Kier molecular flexibility index (Phi) is 4.57. The maximum absolute atomic E-state index is 12.3. The molecule has 0 aromatic carbocycles. The first-order chi connectivity index (χ1) is 13.2. The summed E-state index contributed by atoms with van der Waals surface area (Å²) >= 11 is 0. The lowest BCUT2D eigenvalue weighted by molar-refractivity contribution is 0.0799. The first-order valence-electron chi connectivity index (χ1n) is 10.2. The second-order valence-electron chi connectivity index (χ2n) is 8.20. The summed E-state index contributed by atoms with van der Waals surface area (Å²) in [7, 11) is 0. The molecule has 3 aliphatic rings. The number of piperidine rings is 1. The number of ether oxygens (including phenoxy) is 1. The lowest BCUT2D eigenvalue weighted by Crippen LogP contribution is -2.36. The third kappa shape index (κ3) is 3.84. The van der Waals surface area contributed by atoms with Crippen LogP contribution < -0.4 is 5.56 Å². The molecule has 2 aromatic rings. The summed E-state index contributed by atoms with van der Waals surface area (Å²) in [4.78, 5) is 19.3. The standard InChI is InChI=1S/C20H27N5O2/c26-20-10-19(16-1-2-16)21-14-24(20)11-15-3-5-23(6-4-15)12-17-9-18-13-27-8-7-25(18)22-17/h9-10,14-16H,1-8,11-13H2. The van der Waals surface area contributed by atoms with Crippen LogP contribution in [0.1, 0.15) is 48.7 Å². The van der Waals surface area contributed by atoms with Crippen molar-refractivity contribution in [1.29, 1.82) is 0 Å². The van der Waals surface area contributed by atoms with Crippen LogP contribution >= 0.6 is 0 Å². The molecule has 5 rings (SSSR count). The molecule has 0 radical (unpaired) electrons. The van der Waals surface area contributed by atoms with E-state index >= 15 is 0 Å². The lowest BCUT2D eigenvalue weighted by atomic mass is 9.96. The first kappa shape index (κ1) is 17.1. The van der Waals surface area contributed by atoms with Gasteiger partial charge in [-0.15, -0.1) is 0 Å². The highest BCUT2D eigenvalue weighted by Gasteiger charge is 2.26. The van der Waals surface area contributed by atoms with Gasteiger partial charge < -0.3 is 4.74 Å². The zero-order valence-electron chi connectivity index (χ0n) is 15.7. The summed E-state index contributed by atoms with van der Waals surface area (Å²) in [5.41, 5.74) is 3.43. The van der Waals surface area contributed by atoms with Crippen LogP contribution in [0.3, 0.4) is 0 Å². The van der Waals surface area contributed by atoms with Crippen molar-refractivity contribution in [2.24, 2.45) is 5.92 Å². The Morgan fingerprint density at radius 3 is 2.70 bits per heavy atom. The van der Waals surface area contributed by atoms with E-state index in [2.05, 4.69) is 20.6 Å². The zero-order valence-corrected chi connectivity index (χ0v) is 15.7. The summed E-state index contributed by atoms with van der Waals surface area (Å²) in [5.74, 6) is 1.09. The minimum absolute atomic E-state index is 0.111. The molecule has 0 amide bonds. The molecule has 0 bridgehead atoms. The van der Waals surface area contributed by atoms with Gasteiger partial charge in [-0.25, -0.2) is 4.98 Å². The molecule has 0 spiro atoms. The zero-order chi connectivity index (χ0) is 18.2. The normalized spacial score (nSPS) is 21.3. The van der Waals surface area contributed by atoms with Gasteiger partial charge in [0.2, 0.25) is 0 Å². The third-order valence-corrected chi connectivity index (χ3v) is 6.06. The van der Waals surface area contributed by atoms with E-state index in [4.69, 9.17) is 9.84 Å². The predicted molar refractivity (Wildman–Crippen MR) is 100 cm³/mol. The van der Waals surface area contributed by atoms with Gasteiger partial charge in [0.1, 0.15) is 0 Å². The van der Waals surface area contributed by atoms with Gasteiger partial charge in [-0.1, -0.05) is 0 Å². The molecule has 4 heterocycles. The Balaban J connectivity index is 1.15. The van der Waals surface area contributed by atoms with Gasteiger partial charge in [0, 0.05) is 25.1 Å². The molecule has 1 aliphatic carbocycles. The van der Waals surface area contributed by atoms with E-state index in [1.807, 2.05) is 0 Å². The van der Waals surface area contributed by atoms with Gasteiger partial charge in [0.15, 0.2) is 0 Å². The fourth-order valence-corrected chi connectivity index (χ4v) is 4.24. The molecular formula is C20H27N5O2. The van der Waals surface area contributed by atoms with Crippen molar-refractivity contribution in [2.75, 3.05) is 19.7 Å². The number of aromatic nitrogens is 4. The van der Waals surface area contributed by atoms with Crippen molar-refractivity contribution in [2.45, 2.75) is 57.8 Å². The van der Waals surface area contributed by atoms with Gasteiger partial charge in [0.25, 0.3) is 5.56 Å². The molecule has 144 valence electrons. The molecule has 2 aromatic heterocycles. The Bertz CT molecular complexity index is 838. The van der Waals surface area contributed by atoms with E-state index in [9.17, 15) is 4.79 Å². The Hall–Kier alpha value is -1.99. The average molecular weight is 369 g/mol. The topological polar surface area (TPSA) is 65.2 Å². The van der Waals surface area contributed by atoms with E-state index in [0.717, 1.165) is 63.6 Å². The molecule has 2 fully saturated rings. The van der Waals surface area contributed by atoms with Crippen LogP contribution in [0.5, 0.6) is 0 Å². The molecule has 0 unspecified atom stereocenters. The van der Waals surface area contributed by atoms with Crippen LogP contribution in [0.15, 0.2) is 23.3 Å². The van der Waals surface area contributed by atoms with Crippen molar-refractivity contribution >= 4 is 0 Å². The summed E-state index contributed by atoms with van der Waals surface area (Å²) in [6.07, 6.45) is 6.37. The maximum atomic E-state index is 12.3. The highest BCUT2D eigenvalue weighted by Crippen LogP contribution is 2.38. The van der Waals surface area contributed by atoms with Gasteiger partial charge in [-0.2, -0.15) is 5.10 Å². The first-order valence-corrected chi connectivity index (χ1v) is 10.2. The van der Waals surface area contributed by atoms with Crippen LogP contribution in [-0.4, -0.2) is 43.9 Å². The summed E-state index contributed by atoms with van der Waals surface area (Å²) in [6.45, 7) is 6.12. The van der Waals surface area contributed by atoms with Crippen LogP contribution in [0.25, 0.3) is 0 Å². The lowest BCUT2D eigenvalue weighted by Gasteiger charge is -2.31. The predicted octanol–water partition coefficient (Wildman–Crippen LogP) is 1.76. The van der Waals surface area contributed by atoms with Crippen molar-refractivity contribution in [3.63, 3.8) is 0 Å². The second-order valence-corrected chi connectivity index (χ2v) is 8.20. The monoisotopic (exact) mass is 369 g/mol. The fourth-order valence-electron chi connectivity index (χ4n) is 4.24. The molecular weight excluding hydrogens is 342 g/mol. The smallest absolute Gasteiger partial charge is 0.253 e. The van der Waals surface area contributed by atoms with Crippen molar-refractivity contribution in [3.05, 3.63) is 45.9 Å². The highest BCUT2D eigenvalue weighted by atomic mass is 16.5. The van der Waals surface area contributed by atoms with Crippen molar-refractivity contribution in [3.8, 4) is 0 Å². The van der Waals surface area contributed by atoms with E-state index in [1.165, 1.54) is 18.5 Å². The largest absolute Gasteiger partial charge is 0.373 e. The van der Waals surface area contributed by atoms with E-state index in [1.54, 1.807) is 17.0 Å². The minimum atomic E-state index is 0.111. The summed E-state index contributed by atoms with van der Waals surface area (Å²) in [5, 5.41) is 4.71. The maximum Gasteiger partial charge on any atom is 0.253 e. The molecule has 0 atom stereocenters. The van der Waals surface area contributed by atoms with Crippen molar-refractivity contribution in [1.82, 2.24) is 24.2 Å². The van der Waals surface area contributed by atoms with Gasteiger partial charge in [-0.3, -0.25) is 18.9 Å². The SMILES string of the molecule is O=c1cc(C2CC2)ncn1CC1CCN(Cc2cc3n(n2)CCOC3)CC1. The number of hydrogen-bond donors (Lipinski definition) is 0. The molecule has 27 heavy (non-hydrogen) atoms. The molecule has 0 N–H and O–H groups in total. The number of likely N-dealkylation sites (tertiary alicyclic amines) is 1. The van der Waals surface area contributed by atoms with E-state index in [0.29, 0.717) is 18.4 Å². The summed E-state index contributed by atoms with van der Waals surface area (Å²) < 4.78 is 9.38. The van der Waals surface area contributed by atoms with Gasteiger partial charge in [-0.05, 0) is 50.8 Å². The number of hydrogen-bond acceptors (Lipinski definition) is 5. The van der Waals surface area contributed by atoms with Crippen LogP contribution in [0.2, 0.25) is 0 Å². The van der Waals surface area contributed by atoms with E-state index in [-0.39, 0.29) is 5.56 Å². The third-order valence-electron chi connectivity index (χ3n) is 6.06. The average Bonchev–Trinajstić information content (AvgIpc) is 3.45. The Morgan fingerprint density at radius 1 is 1.11 bits per heavy atom. The van der Waals surface area contributed by atoms with Gasteiger partial charge >= 0.3 is 0 Å². The molecule has 7 heteroatoms. The molecule has 7 nitrogen and oxygen atoms in total. The minimum Gasteiger partial charge on any atom is -0.373 e. The second kappa shape index (κ2) is 7.20. The molecule has 2 aliphatic heterocycles. The van der Waals surface area contributed by atoms with Crippen LogP contribution in [0, 0.1) is 5.92 Å². The number of nitrogens with zero attached hydrogens (tertiary/aromatic N) is 5. The number of fused-ring (bicyclic) bond motifs is 1. The Morgan fingerprint density at radius 2 is 1.96 bits per heavy atom. The highest BCUT2D eigenvalue weighted by molar-refractivity contribution is 5.12.